The van der Waals surface area contributed by atoms with Crippen LogP contribution in [0.15, 0.2) is 91.0 Å². The average Bonchev–Trinajstić information content (AvgIpc) is 2.82. The van der Waals surface area contributed by atoms with Gasteiger partial charge in [0, 0.05) is 0 Å². The molecule has 0 aliphatic carbocycles. The van der Waals surface area contributed by atoms with E-state index in [0.717, 1.165) is 6.42 Å². The van der Waals surface area contributed by atoms with Gasteiger partial charge in [0.05, 0.1) is 17.9 Å². The maximum Gasteiger partial charge on any atom is 0.704 e. The third-order valence-electron chi connectivity index (χ3n) is 5.45. The van der Waals surface area contributed by atoms with Crippen LogP contribution < -0.4 is 13.3 Å². The summed E-state index contributed by atoms with van der Waals surface area (Å²) in [6, 6.07) is 27.6. The van der Waals surface area contributed by atoms with E-state index < -0.39 is 32.2 Å². The summed E-state index contributed by atoms with van der Waals surface area (Å²) in [6.07, 6.45) is 1.23. The minimum absolute atomic E-state index is 0.0326. The van der Waals surface area contributed by atoms with E-state index in [1.807, 2.05) is 97.9 Å². The van der Waals surface area contributed by atoms with Crippen LogP contribution in [-0.4, -0.2) is 20.7 Å². The number of esters is 2. The molecule has 4 rings (SSSR count). The van der Waals surface area contributed by atoms with Gasteiger partial charge < -0.3 is 18.0 Å². The predicted octanol–water partition coefficient (Wildman–Crippen LogP) is 5.42. The van der Waals surface area contributed by atoms with Gasteiger partial charge >= 0.3 is 20.7 Å². The SMILES string of the molecule is CCCC1C(=O)OC(=O)CC1[Si](Oc1ccccc1)(Oc1ccccc1)Oc1ccccc1. The molecule has 2 atom stereocenters. The standard InChI is InChI=1S/C26H26O6Si/c1-2-12-23-24(19-25(27)29-26(23)28)33(30-20-13-6-3-7-14-20,31-21-15-8-4-9-16-21)32-22-17-10-5-11-18-22/h3-11,13-18,23-24H,2,12,19H2,1H3. The van der Waals surface area contributed by atoms with Crippen LogP contribution in [0.1, 0.15) is 26.2 Å². The molecule has 3 aromatic rings. The minimum Gasteiger partial charge on any atom is -0.483 e. The van der Waals surface area contributed by atoms with Crippen molar-refractivity contribution in [3.8, 4) is 17.2 Å². The number of carbonyl (C=O) groups is 2. The van der Waals surface area contributed by atoms with E-state index in [-0.39, 0.29) is 6.42 Å². The molecule has 2 unspecified atom stereocenters. The lowest BCUT2D eigenvalue weighted by Gasteiger charge is -2.39. The van der Waals surface area contributed by atoms with E-state index >= 15 is 0 Å². The second kappa shape index (κ2) is 10.4. The summed E-state index contributed by atoms with van der Waals surface area (Å²) < 4.78 is 24.7. The molecule has 7 heteroatoms. The Balaban J connectivity index is 1.85. The Hall–Kier alpha value is -3.58. The molecule has 0 amide bonds. The summed E-state index contributed by atoms with van der Waals surface area (Å²) in [5, 5.41) is 0. The Morgan fingerprint density at radius 2 is 1.18 bits per heavy atom. The van der Waals surface area contributed by atoms with Crippen LogP contribution in [-0.2, 0) is 14.3 Å². The number of rotatable bonds is 9. The molecule has 0 bridgehead atoms. The molecule has 1 aliphatic heterocycles. The summed E-state index contributed by atoms with van der Waals surface area (Å²) in [4.78, 5) is 25.3. The first-order valence-corrected chi connectivity index (χ1v) is 12.9. The molecule has 1 fully saturated rings. The van der Waals surface area contributed by atoms with Gasteiger partial charge in [0.1, 0.15) is 17.2 Å². The topological polar surface area (TPSA) is 71.1 Å². The fourth-order valence-corrected chi connectivity index (χ4v) is 7.15. The van der Waals surface area contributed by atoms with Crippen LogP contribution >= 0.6 is 0 Å². The zero-order valence-electron chi connectivity index (χ0n) is 18.4. The van der Waals surface area contributed by atoms with Gasteiger partial charge in [-0.2, -0.15) is 0 Å². The smallest absolute Gasteiger partial charge is 0.483 e. The zero-order valence-corrected chi connectivity index (χ0v) is 19.4. The van der Waals surface area contributed by atoms with Crippen molar-refractivity contribution >= 4 is 20.7 Å². The summed E-state index contributed by atoms with van der Waals surface area (Å²) in [5.74, 6) is -0.123. The van der Waals surface area contributed by atoms with E-state index in [9.17, 15) is 9.59 Å². The van der Waals surface area contributed by atoms with Gasteiger partial charge in [-0.15, -0.1) is 0 Å². The average molecular weight is 463 g/mol. The van der Waals surface area contributed by atoms with Crippen LogP contribution in [0.25, 0.3) is 0 Å². The number of para-hydroxylation sites is 3. The van der Waals surface area contributed by atoms with Gasteiger partial charge in [0.2, 0.25) is 0 Å². The summed E-state index contributed by atoms with van der Waals surface area (Å²) in [6.45, 7) is 1.98. The first kappa shape index (κ1) is 22.6. The fraction of sp³-hybridized carbons (Fsp3) is 0.231. The van der Waals surface area contributed by atoms with Gasteiger partial charge in [0.25, 0.3) is 0 Å². The number of benzene rings is 3. The lowest BCUT2D eigenvalue weighted by atomic mass is 9.95. The van der Waals surface area contributed by atoms with Crippen molar-refractivity contribution in [2.75, 3.05) is 0 Å². The maximum absolute atomic E-state index is 12.8. The van der Waals surface area contributed by atoms with Gasteiger partial charge in [-0.25, -0.2) is 0 Å². The van der Waals surface area contributed by atoms with Crippen molar-refractivity contribution < 1.29 is 27.6 Å². The van der Waals surface area contributed by atoms with E-state index in [4.69, 9.17) is 18.0 Å². The van der Waals surface area contributed by atoms with Crippen molar-refractivity contribution in [1.82, 2.24) is 0 Å². The number of cyclic esters (lactones) is 2. The Morgan fingerprint density at radius 3 is 1.58 bits per heavy atom. The van der Waals surface area contributed by atoms with Gasteiger partial charge in [-0.3, -0.25) is 9.59 Å². The molecule has 33 heavy (non-hydrogen) atoms. The first-order valence-electron chi connectivity index (χ1n) is 11.1. The van der Waals surface area contributed by atoms with Gasteiger partial charge in [0.15, 0.2) is 0 Å². The fourth-order valence-electron chi connectivity index (χ4n) is 3.97. The van der Waals surface area contributed by atoms with Crippen LogP contribution in [0, 0.1) is 5.92 Å². The first-order chi connectivity index (χ1) is 16.1. The van der Waals surface area contributed by atoms with Crippen LogP contribution in [0.4, 0.5) is 0 Å². The predicted molar refractivity (Wildman–Crippen MR) is 125 cm³/mol. The van der Waals surface area contributed by atoms with Crippen molar-refractivity contribution in [1.29, 1.82) is 0 Å². The van der Waals surface area contributed by atoms with Crippen molar-refractivity contribution in [3.05, 3.63) is 91.0 Å². The largest absolute Gasteiger partial charge is 0.704 e. The highest BCUT2D eigenvalue weighted by Crippen LogP contribution is 2.43. The van der Waals surface area contributed by atoms with E-state index in [1.165, 1.54) is 0 Å². The Morgan fingerprint density at radius 1 is 0.758 bits per heavy atom. The van der Waals surface area contributed by atoms with Gasteiger partial charge in [-0.05, 0) is 42.8 Å². The highest BCUT2D eigenvalue weighted by atomic mass is 28.4. The molecule has 0 radical (unpaired) electrons. The molecule has 0 N–H and O–H groups in total. The number of hydrogen-bond acceptors (Lipinski definition) is 6. The Labute approximate surface area is 194 Å². The Kier molecular flexibility index (Phi) is 7.09. The monoisotopic (exact) mass is 462 g/mol. The molecule has 6 nitrogen and oxygen atoms in total. The third kappa shape index (κ3) is 5.43. The van der Waals surface area contributed by atoms with Crippen molar-refractivity contribution in [3.63, 3.8) is 0 Å². The van der Waals surface area contributed by atoms with Gasteiger partial charge in [-0.1, -0.05) is 67.9 Å². The number of ether oxygens (including phenoxy) is 1. The lowest BCUT2D eigenvalue weighted by Crippen LogP contribution is -2.62. The van der Waals surface area contributed by atoms with Crippen LogP contribution in [0.5, 0.6) is 17.2 Å². The molecule has 1 heterocycles. The normalized spacial score (nSPS) is 18.3. The summed E-state index contributed by atoms with van der Waals surface area (Å²) in [7, 11) is -3.82. The molecule has 0 spiro atoms. The molecule has 1 aliphatic rings. The van der Waals surface area contributed by atoms with E-state index in [0.29, 0.717) is 23.7 Å². The lowest BCUT2D eigenvalue weighted by molar-refractivity contribution is -0.168. The molecular weight excluding hydrogens is 436 g/mol. The molecule has 1 saturated heterocycles. The summed E-state index contributed by atoms with van der Waals surface area (Å²) >= 11 is 0. The zero-order chi connectivity index (χ0) is 23.1. The van der Waals surface area contributed by atoms with Crippen LogP contribution in [0.2, 0.25) is 5.54 Å². The number of hydrogen-bond donors (Lipinski definition) is 0. The van der Waals surface area contributed by atoms with Crippen molar-refractivity contribution in [2.45, 2.75) is 31.7 Å². The second-order valence-corrected chi connectivity index (χ2v) is 10.4. The molecule has 3 aromatic carbocycles. The molecule has 0 aromatic heterocycles. The molecule has 0 saturated carbocycles. The Bertz CT molecular complexity index is 956. The second-order valence-electron chi connectivity index (χ2n) is 7.85. The molecule has 170 valence electrons. The van der Waals surface area contributed by atoms with Crippen molar-refractivity contribution in [2.24, 2.45) is 5.92 Å². The number of carbonyl (C=O) groups excluding carboxylic acids is 2. The third-order valence-corrected chi connectivity index (χ3v) is 8.53. The van der Waals surface area contributed by atoms with E-state index in [1.54, 1.807) is 0 Å². The highest BCUT2D eigenvalue weighted by Gasteiger charge is 2.64. The highest BCUT2D eigenvalue weighted by molar-refractivity contribution is 6.65. The quantitative estimate of drug-likeness (QED) is 0.240. The van der Waals surface area contributed by atoms with E-state index in [2.05, 4.69) is 0 Å². The minimum atomic E-state index is -3.82. The summed E-state index contributed by atoms with van der Waals surface area (Å²) in [5.41, 5.74) is -0.619. The molecular formula is C26H26O6Si. The maximum atomic E-state index is 12.8. The van der Waals surface area contributed by atoms with Crippen LogP contribution in [0.3, 0.4) is 0 Å².